The number of likely N-dealkylation sites (tertiary alicyclic amines) is 1. The van der Waals surface area contributed by atoms with Gasteiger partial charge in [0.1, 0.15) is 0 Å². The van der Waals surface area contributed by atoms with Crippen LogP contribution in [0.4, 0.5) is 0 Å². The number of halogens is 1. The highest BCUT2D eigenvalue weighted by Crippen LogP contribution is 2.35. The fourth-order valence-corrected chi connectivity index (χ4v) is 3.68. The number of rotatable bonds is 3. The molecule has 4 nitrogen and oxygen atoms in total. The minimum Gasteiger partial charge on any atom is -0.381 e. The SMILES string of the molecule is NCC1(C(=O)N2CCC(c3ccc(Cl)cc3)C2)CCOCC1. The van der Waals surface area contributed by atoms with Gasteiger partial charge in [-0.15, -0.1) is 0 Å². The Morgan fingerprint density at radius 2 is 2.00 bits per heavy atom. The van der Waals surface area contributed by atoms with Gasteiger partial charge in [0.15, 0.2) is 0 Å². The molecule has 2 aliphatic rings. The van der Waals surface area contributed by atoms with Crippen molar-refractivity contribution in [1.29, 1.82) is 0 Å². The smallest absolute Gasteiger partial charge is 0.230 e. The summed E-state index contributed by atoms with van der Waals surface area (Å²) in [5, 5.41) is 0.749. The molecule has 5 heteroatoms. The number of ether oxygens (including phenoxy) is 1. The van der Waals surface area contributed by atoms with Crippen LogP contribution in [0.3, 0.4) is 0 Å². The summed E-state index contributed by atoms with van der Waals surface area (Å²) in [6.45, 7) is 3.28. The van der Waals surface area contributed by atoms with Crippen molar-refractivity contribution in [3.8, 4) is 0 Å². The molecule has 0 aliphatic carbocycles. The van der Waals surface area contributed by atoms with E-state index in [2.05, 4.69) is 12.1 Å². The number of nitrogens with two attached hydrogens (primary N) is 1. The molecule has 3 rings (SSSR count). The molecule has 2 aliphatic heterocycles. The Labute approximate surface area is 136 Å². The molecular weight excluding hydrogens is 300 g/mol. The van der Waals surface area contributed by atoms with Crippen LogP contribution < -0.4 is 5.73 Å². The van der Waals surface area contributed by atoms with Crippen molar-refractivity contribution in [3.63, 3.8) is 0 Å². The van der Waals surface area contributed by atoms with E-state index in [1.54, 1.807) is 0 Å². The summed E-state index contributed by atoms with van der Waals surface area (Å²) in [6, 6.07) is 7.96. The monoisotopic (exact) mass is 322 g/mol. The molecule has 2 N–H and O–H groups in total. The fraction of sp³-hybridized carbons (Fsp3) is 0.588. The first kappa shape index (κ1) is 15.8. The summed E-state index contributed by atoms with van der Waals surface area (Å²) in [5.41, 5.74) is 6.80. The average Bonchev–Trinajstić information content (AvgIpc) is 3.05. The lowest BCUT2D eigenvalue weighted by Gasteiger charge is -2.37. The Balaban J connectivity index is 1.69. The van der Waals surface area contributed by atoms with Crippen molar-refractivity contribution in [2.75, 3.05) is 32.8 Å². The molecule has 1 aromatic carbocycles. The van der Waals surface area contributed by atoms with E-state index >= 15 is 0 Å². The van der Waals surface area contributed by atoms with E-state index in [-0.39, 0.29) is 5.91 Å². The van der Waals surface area contributed by atoms with Crippen LogP contribution in [0.1, 0.15) is 30.7 Å². The molecular formula is C17H23ClN2O2. The number of amides is 1. The maximum absolute atomic E-state index is 13.0. The number of nitrogens with zero attached hydrogens (tertiary/aromatic N) is 1. The zero-order chi connectivity index (χ0) is 15.6. The third-order valence-electron chi connectivity index (χ3n) is 5.11. The van der Waals surface area contributed by atoms with E-state index in [1.165, 1.54) is 5.56 Å². The lowest BCUT2D eigenvalue weighted by Crippen LogP contribution is -2.50. The molecule has 0 aromatic heterocycles. The first-order valence-corrected chi connectivity index (χ1v) is 8.35. The second-order valence-corrected chi connectivity index (χ2v) is 6.82. The average molecular weight is 323 g/mol. The number of carbonyl (C=O) groups is 1. The van der Waals surface area contributed by atoms with E-state index in [9.17, 15) is 4.79 Å². The summed E-state index contributed by atoms with van der Waals surface area (Å²) >= 11 is 5.95. The number of hydrogen-bond acceptors (Lipinski definition) is 3. The minimum atomic E-state index is -0.410. The lowest BCUT2D eigenvalue weighted by atomic mass is 9.79. The van der Waals surface area contributed by atoms with E-state index in [0.717, 1.165) is 37.4 Å². The lowest BCUT2D eigenvalue weighted by molar-refractivity contribution is -0.146. The van der Waals surface area contributed by atoms with Crippen LogP contribution in [0.25, 0.3) is 0 Å². The van der Waals surface area contributed by atoms with Gasteiger partial charge in [-0.2, -0.15) is 0 Å². The Morgan fingerprint density at radius 3 is 2.64 bits per heavy atom. The zero-order valence-corrected chi connectivity index (χ0v) is 13.5. The highest BCUT2D eigenvalue weighted by molar-refractivity contribution is 6.30. The predicted molar refractivity (Wildman–Crippen MR) is 86.9 cm³/mol. The Bertz CT molecular complexity index is 526. The molecule has 1 amide bonds. The molecule has 2 heterocycles. The summed E-state index contributed by atoms with van der Waals surface area (Å²) < 4.78 is 5.40. The van der Waals surface area contributed by atoms with Gasteiger partial charge in [-0.1, -0.05) is 23.7 Å². The first-order chi connectivity index (χ1) is 10.6. The van der Waals surface area contributed by atoms with Gasteiger partial charge < -0.3 is 15.4 Å². The number of carbonyl (C=O) groups excluding carboxylic acids is 1. The molecule has 0 radical (unpaired) electrons. The van der Waals surface area contributed by atoms with Crippen LogP contribution in [0, 0.1) is 5.41 Å². The van der Waals surface area contributed by atoms with Crippen molar-refractivity contribution in [2.45, 2.75) is 25.2 Å². The Morgan fingerprint density at radius 1 is 1.32 bits per heavy atom. The highest BCUT2D eigenvalue weighted by atomic mass is 35.5. The highest BCUT2D eigenvalue weighted by Gasteiger charge is 2.43. The van der Waals surface area contributed by atoms with Gasteiger partial charge in [-0.25, -0.2) is 0 Å². The van der Waals surface area contributed by atoms with Gasteiger partial charge in [0, 0.05) is 43.8 Å². The molecule has 1 atom stereocenters. The normalized spacial score (nSPS) is 24.5. The minimum absolute atomic E-state index is 0.217. The van der Waals surface area contributed by atoms with Gasteiger partial charge in [-0.3, -0.25) is 4.79 Å². The maximum Gasteiger partial charge on any atom is 0.230 e. The Kier molecular flexibility index (Phi) is 4.71. The summed E-state index contributed by atoms with van der Waals surface area (Å²) in [6.07, 6.45) is 2.49. The molecule has 2 fully saturated rings. The van der Waals surface area contributed by atoms with Crippen LogP contribution in [-0.2, 0) is 9.53 Å². The van der Waals surface area contributed by atoms with Gasteiger partial charge >= 0.3 is 0 Å². The van der Waals surface area contributed by atoms with Gasteiger partial charge in [0.2, 0.25) is 5.91 Å². The Hall–Kier alpha value is -1.10. The van der Waals surface area contributed by atoms with E-state index in [1.807, 2.05) is 17.0 Å². The molecule has 0 bridgehead atoms. The molecule has 0 saturated carbocycles. The van der Waals surface area contributed by atoms with Crippen molar-refractivity contribution in [3.05, 3.63) is 34.9 Å². The van der Waals surface area contributed by atoms with Crippen molar-refractivity contribution in [1.82, 2.24) is 4.90 Å². The van der Waals surface area contributed by atoms with Crippen LogP contribution in [-0.4, -0.2) is 43.7 Å². The molecule has 1 aromatic rings. The van der Waals surface area contributed by atoms with Crippen LogP contribution in [0.15, 0.2) is 24.3 Å². The molecule has 1 unspecified atom stereocenters. The summed E-state index contributed by atoms with van der Waals surface area (Å²) in [5.74, 6) is 0.616. The summed E-state index contributed by atoms with van der Waals surface area (Å²) in [4.78, 5) is 15.0. The summed E-state index contributed by atoms with van der Waals surface area (Å²) in [7, 11) is 0. The second-order valence-electron chi connectivity index (χ2n) is 6.39. The van der Waals surface area contributed by atoms with E-state index in [0.29, 0.717) is 25.7 Å². The fourth-order valence-electron chi connectivity index (χ4n) is 3.55. The zero-order valence-electron chi connectivity index (χ0n) is 12.8. The van der Waals surface area contributed by atoms with Crippen LogP contribution in [0.2, 0.25) is 5.02 Å². The maximum atomic E-state index is 13.0. The topological polar surface area (TPSA) is 55.6 Å². The van der Waals surface area contributed by atoms with Crippen molar-refractivity contribution in [2.24, 2.45) is 11.1 Å². The third-order valence-corrected chi connectivity index (χ3v) is 5.36. The largest absolute Gasteiger partial charge is 0.381 e. The predicted octanol–water partition coefficient (Wildman–Crippen LogP) is 2.41. The third kappa shape index (κ3) is 3.00. The van der Waals surface area contributed by atoms with Crippen molar-refractivity contribution < 1.29 is 9.53 Å². The second kappa shape index (κ2) is 6.57. The van der Waals surface area contributed by atoms with Crippen molar-refractivity contribution >= 4 is 17.5 Å². The molecule has 0 spiro atoms. The quantitative estimate of drug-likeness (QED) is 0.929. The molecule has 22 heavy (non-hydrogen) atoms. The number of hydrogen-bond donors (Lipinski definition) is 1. The standard InChI is InChI=1S/C17H23ClN2O2/c18-15-3-1-13(2-4-15)14-5-8-20(11-14)16(21)17(12-19)6-9-22-10-7-17/h1-4,14H,5-12,19H2. The van der Waals surface area contributed by atoms with E-state index in [4.69, 9.17) is 22.1 Å². The van der Waals surface area contributed by atoms with Gasteiger partial charge in [0.05, 0.1) is 5.41 Å². The van der Waals surface area contributed by atoms with Gasteiger partial charge in [-0.05, 0) is 37.0 Å². The molecule has 2 saturated heterocycles. The van der Waals surface area contributed by atoms with Crippen LogP contribution in [0.5, 0.6) is 0 Å². The van der Waals surface area contributed by atoms with E-state index < -0.39 is 5.41 Å². The molecule has 120 valence electrons. The first-order valence-electron chi connectivity index (χ1n) is 7.97. The van der Waals surface area contributed by atoms with Crippen LogP contribution >= 0.6 is 11.6 Å². The number of benzene rings is 1. The van der Waals surface area contributed by atoms with Gasteiger partial charge in [0.25, 0.3) is 0 Å².